The third-order valence-corrected chi connectivity index (χ3v) is 6.23. The minimum absolute atomic E-state index is 0.0790. The second-order valence-electron chi connectivity index (χ2n) is 7.60. The molecule has 0 radical (unpaired) electrons. The van der Waals surface area contributed by atoms with Crippen LogP contribution in [0.1, 0.15) is 34.6 Å². The monoisotopic (exact) mass is 437 g/mol. The molecule has 3 aromatic rings. The van der Waals surface area contributed by atoms with Crippen molar-refractivity contribution in [2.45, 2.75) is 19.3 Å². The molecule has 0 unspecified atom stereocenters. The molecule has 31 heavy (non-hydrogen) atoms. The fraction of sp³-hybridized carbons (Fsp3) is 0.318. The van der Waals surface area contributed by atoms with Crippen molar-refractivity contribution in [3.63, 3.8) is 0 Å². The zero-order valence-corrected chi connectivity index (χ0v) is 17.8. The largest absolute Gasteiger partial charge is 0.352 e. The van der Waals surface area contributed by atoms with Crippen molar-refractivity contribution in [2.75, 3.05) is 24.5 Å². The van der Waals surface area contributed by atoms with E-state index in [9.17, 15) is 14.9 Å². The number of anilines is 1. The highest BCUT2D eigenvalue weighted by atomic mass is 32.1. The van der Waals surface area contributed by atoms with E-state index in [1.54, 1.807) is 6.07 Å². The molecule has 2 aromatic carbocycles. The van der Waals surface area contributed by atoms with E-state index in [0.29, 0.717) is 18.0 Å². The summed E-state index contributed by atoms with van der Waals surface area (Å²) in [5.41, 5.74) is 1.43. The van der Waals surface area contributed by atoms with Crippen LogP contribution in [-0.2, 0) is 6.42 Å². The third-order valence-electron chi connectivity index (χ3n) is 5.42. The van der Waals surface area contributed by atoms with Crippen LogP contribution in [0.15, 0.2) is 54.6 Å². The zero-order chi connectivity index (χ0) is 21.6. The fourth-order valence-electron chi connectivity index (χ4n) is 3.65. The Labute approximate surface area is 184 Å². The SMILES string of the molecule is O=C(NCC1CCN(c2nc(Cc3ccccc3)ns2)CC1)c1cccc([N+](=O)[O-])c1. The summed E-state index contributed by atoms with van der Waals surface area (Å²) in [6.07, 6.45) is 2.63. The lowest BCUT2D eigenvalue weighted by atomic mass is 9.97. The highest BCUT2D eigenvalue weighted by molar-refractivity contribution is 7.09. The summed E-state index contributed by atoms with van der Waals surface area (Å²) in [4.78, 5) is 29.7. The number of rotatable bonds is 7. The quantitative estimate of drug-likeness (QED) is 0.447. The summed E-state index contributed by atoms with van der Waals surface area (Å²) in [5.74, 6) is 0.939. The van der Waals surface area contributed by atoms with Gasteiger partial charge in [0.2, 0.25) is 5.13 Å². The van der Waals surface area contributed by atoms with Gasteiger partial charge in [-0.2, -0.15) is 4.37 Å². The molecule has 0 spiro atoms. The lowest BCUT2D eigenvalue weighted by Crippen LogP contribution is -2.38. The Morgan fingerprint density at radius 1 is 1.16 bits per heavy atom. The molecule has 4 rings (SSSR count). The fourth-order valence-corrected chi connectivity index (χ4v) is 4.39. The first-order chi connectivity index (χ1) is 15.1. The van der Waals surface area contributed by atoms with Crippen LogP contribution in [0, 0.1) is 16.0 Å². The second kappa shape index (κ2) is 9.65. The molecule has 0 saturated carbocycles. The summed E-state index contributed by atoms with van der Waals surface area (Å²) in [5, 5.41) is 14.7. The standard InChI is InChI=1S/C22H23N5O3S/c28-21(18-7-4-8-19(14-18)27(29)30)23-15-17-9-11-26(12-10-17)22-24-20(25-31-22)13-16-5-2-1-3-6-16/h1-8,14,17H,9-13,15H2,(H,23,28). The smallest absolute Gasteiger partial charge is 0.270 e. The van der Waals surface area contributed by atoms with Crippen molar-refractivity contribution in [1.29, 1.82) is 0 Å². The summed E-state index contributed by atoms with van der Waals surface area (Å²) >= 11 is 1.44. The van der Waals surface area contributed by atoms with Crippen molar-refractivity contribution < 1.29 is 9.72 Å². The van der Waals surface area contributed by atoms with E-state index in [1.807, 2.05) is 18.2 Å². The number of aromatic nitrogens is 2. The van der Waals surface area contributed by atoms with Crippen molar-refractivity contribution in [3.8, 4) is 0 Å². The number of amides is 1. The van der Waals surface area contributed by atoms with Crippen LogP contribution in [0.4, 0.5) is 10.8 Å². The Balaban J connectivity index is 1.25. The summed E-state index contributed by atoms with van der Waals surface area (Å²) in [6.45, 7) is 2.30. The number of nitro groups is 1. The predicted octanol–water partition coefficient (Wildman–Crippen LogP) is 3.68. The van der Waals surface area contributed by atoms with E-state index in [4.69, 9.17) is 4.98 Å². The lowest BCUT2D eigenvalue weighted by Gasteiger charge is -2.31. The second-order valence-corrected chi connectivity index (χ2v) is 8.33. The number of benzene rings is 2. The number of hydrogen-bond donors (Lipinski definition) is 1. The van der Waals surface area contributed by atoms with Crippen LogP contribution in [-0.4, -0.2) is 39.8 Å². The van der Waals surface area contributed by atoms with Crippen LogP contribution in [0.2, 0.25) is 0 Å². The molecule has 0 aliphatic carbocycles. The van der Waals surface area contributed by atoms with Gasteiger partial charge in [-0.1, -0.05) is 36.4 Å². The predicted molar refractivity (Wildman–Crippen MR) is 120 cm³/mol. The van der Waals surface area contributed by atoms with E-state index in [1.165, 1.54) is 35.3 Å². The number of hydrogen-bond acceptors (Lipinski definition) is 7. The van der Waals surface area contributed by atoms with Crippen molar-refractivity contribution >= 4 is 28.3 Å². The Bertz CT molecular complexity index is 1050. The van der Waals surface area contributed by atoms with Crippen LogP contribution in [0.25, 0.3) is 0 Å². The molecule has 1 saturated heterocycles. The maximum Gasteiger partial charge on any atom is 0.270 e. The van der Waals surface area contributed by atoms with E-state index in [-0.39, 0.29) is 11.6 Å². The molecule has 9 heteroatoms. The number of non-ortho nitro benzene ring substituents is 1. The first kappa shape index (κ1) is 20.9. The molecule has 2 heterocycles. The number of carbonyl (C=O) groups excluding carboxylic acids is 1. The van der Waals surface area contributed by atoms with Gasteiger partial charge in [-0.25, -0.2) is 4.98 Å². The number of nitro benzene ring substituents is 1. The molecule has 0 atom stereocenters. The number of carbonyl (C=O) groups is 1. The van der Waals surface area contributed by atoms with E-state index in [0.717, 1.165) is 43.3 Å². The lowest BCUT2D eigenvalue weighted by molar-refractivity contribution is -0.384. The van der Waals surface area contributed by atoms with E-state index >= 15 is 0 Å². The molecule has 8 nitrogen and oxygen atoms in total. The van der Waals surface area contributed by atoms with Crippen molar-refractivity contribution in [3.05, 3.63) is 81.7 Å². The number of nitrogens with zero attached hydrogens (tertiary/aromatic N) is 4. The molecule has 1 N–H and O–H groups in total. The first-order valence-corrected chi connectivity index (χ1v) is 11.0. The maximum atomic E-state index is 12.3. The van der Waals surface area contributed by atoms with E-state index < -0.39 is 4.92 Å². The van der Waals surface area contributed by atoms with Crippen LogP contribution >= 0.6 is 11.5 Å². The van der Waals surface area contributed by atoms with Crippen LogP contribution in [0.5, 0.6) is 0 Å². The molecule has 1 amide bonds. The van der Waals surface area contributed by atoms with Crippen LogP contribution < -0.4 is 10.2 Å². The minimum atomic E-state index is -0.495. The average Bonchev–Trinajstić information content (AvgIpc) is 3.27. The molecule has 1 aromatic heterocycles. The van der Waals surface area contributed by atoms with Crippen molar-refractivity contribution in [2.24, 2.45) is 5.92 Å². The molecule has 160 valence electrons. The molecule has 1 aliphatic heterocycles. The topological polar surface area (TPSA) is 101 Å². The Kier molecular flexibility index (Phi) is 6.51. The van der Waals surface area contributed by atoms with Gasteiger partial charge in [0.25, 0.3) is 11.6 Å². The minimum Gasteiger partial charge on any atom is -0.352 e. The summed E-state index contributed by atoms with van der Waals surface area (Å²) in [6, 6.07) is 16.0. The van der Waals surface area contributed by atoms with Gasteiger partial charge in [-0.15, -0.1) is 0 Å². The summed E-state index contributed by atoms with van der Waals surface area (Å²) < 4.78 is 4.50. The Morgan fingerprint density at radius 3 is 2.68 bits per heavy atom. The Morgan fingerprint density at radius 2 is 1.94 bits per heavy atom. The highest BCUT2D eigenvalue weighted by Crippen LogP contribution is 2.25. The average molecular weight is 438 g/mol. The van der Waals surface area contributed by atoms with Gasteiger partial charge in [0.05, 0.1) is 4.92 Å². The van der Waals surface area contributed by atoms with Gasteiger partial charge < -0.3 is 10.2 Å². The van der Waals surface area contributed by atoms with Crippen molar-refractivity contribution in [1.82, 2.24) is 14.7 Å². The third kappa shape index (κ3) is 5.43. The van der Waals surface area contributed by atoms with Crippen LogP contribution in [0.3, 0.4) is 0 Å². The van der Waals surface area contributed by atoms with Gasteiger partial charge in [-0.3, -0.25) is 14.9 Å². The van der Waals surface area contributed by atoms with Gasteiger partial charge in [0.15, 0.2) is 0 Å². The number of piperidine rings is 1. The van der Waals surface area contributed by atoms with Gasteiger partial charge in [0, 0.05) is 55.3 Å². The molecule has 0 bridgehead atoms. The van der Waals surface area contributed by atoms with E-state index in [2.05, 4.69) is 26.7 Å². The maximum absolute atomic E-state index is 12.3. The summed E-state index contributed by atoms with van der Waals surface area (Å²) in [7, 11) is 0. The molecule has 1 fully saturated rings. The van der Waals surface area contributed by atoms with Gasteiger partial charge in [0.1, 0.15) is 5.82 Å². The highest BCUT2D eigenvalue weighted by Gasteiger charge is 2.22. The molecular formula is C22H23N5O3S. The normalized spacial score (nSPS) is 14.4. The van der Waals surface area contributed by atoms with Gasteiger partial charge in [-0.05, 0) is 30.4 Å². The number of nitrogens with one attached hydrogen (secondary N) is 1. The molecular weight excluding hydrogens is 414 g/mol. The molecule has 1 aliphatic rings. The first-order valence-electron chi connectivity index (χ1n) is 10.2. The van der Waals surface area contributed by atoms with Gasteiger partial charge >= 0.3 is 0 Å². The Hall–Kier alpha value is -3.33. The zero-order valence-electron chi connectivity index (χ0n) is 16.9.